The number of primary amides is 2. The first-order chi connectivity index (χ1) is 28.6. The maximum absolute atomic E-state index is 10.4. The van der Waals surface area contributed by atoms with E-state index in [1.807, 2.05) is 48.5 Å². The first-order valence-corrected chi connectivity index (χ1v) is 19.7. The Morgan fingerprint density at radius 3 is 1.33 bits per heavy atom. The zero-order valence-corrected chi connectivity index (χ0v) is 33.6. The second-order valence-corrected chi connectivity index (χ2v) is 13.5. The molecule has 20 nitrogen and oxygen atoms in total. The molecule has 2 aliphatic rings. The van der Waals surface area contributed by atoms with Crippen molar-refractivity contribution in [2.75, 3.05) is 0 Å². The van der Waals surface area contributed by atoms with Crippen LogP contribution in [0.5, 0.6) is 0 Å². The molecule has 298 valence electrons. The molecule has 24 heteroatoms. The smallest absolute Gasteiger partial charge is 0.356 e. The number of halogens is 2. The van der Waals surface area contributed by atoms with Gasteiger partial charge in [0.05, 0.1) is 28.2 Å². The van der Waals surface area contributed by atoms with Crippen molar-refractivity contribution in [2.45, 2.75) is 0 Å². The number of urea groups is 1. The molecule has 8 aromatic rings. The van der Waals surface area contributed by atoms with Crippen LogP contribution >= 0.6 is 20.2 Å². The van der Waals surface area contributed by atoms with Crippen LogP contribution in [-0.4, -0.2) is 83.0 Å². The molecule has 60 heavy (non-hydrogen) atoms. The monoisotopic (exact) mass is 923 g/mol. The summed E-state index contributed by atoms with van der Waals surface area (Å²) in [5.74, 6) is -1.02. The van der Waals surface area contributed by atoms with E-state index < -0.39 is 23.7 Å². The number of hydrogen-bond acceptors (Lipinski definition) is 14. The molecule has 6 N–H and O–H groups in total. The largest absolute Gasteiger partial charge is 2.00 e. The predicted molar refractivity (Wildman–Crippen MR) is 209 cm³/mol. The van der Waals surface area contributed by atoms with Crippen LogP contribution in [0.4, 0.5) is 4.79 Å². The summed E-state index contributed by atoms with van der Waals surface area (Å²) < 4.78 is 0. The number of aromatic carboxylic acids is 2. The second kappa shape index (κ2) is 18.7. The Labute approximate surface area is 360 Å². The number of nitrogens with zero attached hydrogens (tertiary/aromatic N) is 13. The van der Waals surface area contributed by atoms with Crippen LogP contribution < -0.4 is 21.4 Å². The first kappa shape index (κ1) is 42.5. The number of pyridine rings is 5. The quantitative estimate of drug-likeness (QED) is 0.172. The van der Waals surface area contributed by atoms with Gasteiger partial charge in [-0.25, -0.2) is 29.3 Å². The Balaban J connectivity index is 0.000000254. The molecule has 0 fully saturated rings. The molecule has 0 aromatic carbocycles. The molecule has 10 heterocycles. The predicted octanol–water partition coefficient (Wildman–Crippen LogP) is 4.58. The van der Waals surface area contributed by atoms with Gasteiger partial charge in [-0.05, 0) is 48.5 Å². The molecule has 8 aromatic heterocycles. The van der Waals surface area contributed by atoms with Crippen LogP contribution in [0.2, 0.25) is 0 Å². The van der Waals surface area contributed by atoms with Gasteiger partial charge in [-0.15, -0.1) is 0 Å². The molecule has 0 saturated heterocycles. The normalized spacial score (nSPS) is 10.6. The van der Waals surface area contributed by atoms with Crippen molar-refractivity contribution >= 4 is 82.6 Å². The summed E-state index contributed by atoms with van der Waals surface area (Å²) in [4.78, 5) is 89.7. The number of nitrogens with two attached hydrogens (primary N) is 2. The SMILES string of the molecule is NC(N)=O.O=C(O)c1cccnc1C(=O)O.[Cl][Mn][Cl].[Mn+2].c1cnc2c(c1)-c1nc-2nc2[n-]c(nc3nc(nc4[n-]c(n1)c1ncccc41)-c1ncccc1-3)c1ncccc21. The molecule has 0 spiro atoms. The van der Waals surface area contributed by atoms with Gasteiger partial charge in [0, 0.05) is 75.5 Å². The molecule has 0 aliphatic carbocycles. The van der Waals surface area contributed by atoms with Gasteiger partial charge in [0.15, 0.2) is 5.69 Å². The third-order valence-corrected chi connectivity index (χ3v) is 7.98. The van der Waals surface area contributed by atoms with Gasteiger partial charge >= 0.3 is 68.4 Å². The van der Waals surface area contributed by atoms with Crippen LogP contribution in [-0.2, 0) is 30.2 Å². The van der Waals surface area contributed by atoms with Gasteiger partial charge in [0.1, 0.15) is 23.0 Å². The van der Waals surface area contributed by atoms with Crippen molar-refractivity contribution in [3.8, 4) is 45.8 Å². The van der Waals surface area contributed by atoms with E-state index in [0.717, 1.165) is 21.9 Å². The van der Waals surface area contributed by atoms with Crippen LogP contribution in [0.15, 0.2) is 91.6 Å². The average Bonchev–Trinajstić information content (AvgIpc) is 3.97. The molecule has 8 bridgehead atoms. The number of carboxylic acids is 2. The Kier molecular flexibility index (Phi) is 13.2. The van der Waals surface area contributed by atoms with E-state index in [9.17, 15) is 9.59 Å². The summed E-state index contributed by atoms with van der Waals surface area (Å²) in [6.45, 7) is 0. The molecule has 2 aliphatic heterocycles. The molecule has 1 radical (unpaired) electrons. The molecule has 10 rings (SSSR count). The van der Waals surface area contributed by atoms with Gasteiger partial charge in [-0.1, -0.05) is 12.1 Å². The minimum atomic E-state index is -1.34. The summed E-state index contributed by atoms with van der Waals surface area (Å²) in [6.07, 6.45) is 8.01. The Bertz CT molecular complexity index is 2760. The molecule has 0 saturated carbocycles. The van der Waals surface area contributed by atoms with Gasteiger partial charge in [-0.2, -0.15) is 0 Å². The minimum absolute atomic E-state index is 0. The van der Waals surface area contributed by atoms with Crippen molar-refractivity contribution in [2.24, 2.45) is 11.5 Å². The Morgan fingerprint density at radius 1 is 0.533 bits per heavy atom. The number of carbonyl (C=O) groups excluding carboxylic acids is 1. The summed E-state index contributed by atoms with van der Waals surface area (Å²) in [5.41, 5.74) is 13.2. The van der Waals surface area contributed by atoms with Gasteiger partial charge < -0.3 is 51.6 Å². The van der Waals surface area contributed by atoms with E-state index >= 15 is 0 Å². The van der Waals surface area contributed by atoms with Crippen molar-refractivity contribution < 1.29 is 54.8 Å². The fourth-order valence-corrected chi connectivity index (χ4v) is 5.71. The van der Waals surface area contributed by atoms with Crippen molar-refractivity contribution in [3.05, 3.63) is 103 Å². The topological polar surface area (TPSA) is 314 Å². The summed E-state index contributed by atoms with van der Waals surface area (Å²) >= 11 is 0.00694. The minimum Gasteiger partial charge on any atom is -0.356 e. The van der Waals surface area contributed by atoms with Crippen LogP contribution in [0, 0.1) is 0 Å². The third kappa shape index (κ3) is 8.83. The fourth-order valence-electron chi connectivity index (χ4n) is 5.71. The maximum Gasteiger partial charge on any atom is 2.00 e. The number of aromatic nitrogens is 13. The van der Waals surface area contributed by atoms with Crippen LogP contribution in [0.1, 0.15) is 20.8 Å². The van der Waals surface area contributed by atoms with Crippen LogP contribution in [0.3, 0.4) is 0 Å². The van der Waals surface area contributed by atoms with Crippen molar-refractivity contribution in [1.29, 1.82) is 0 Å². The molecule has 0 unspecified atom stereocenters. The standard InChI is InChI=1S/C28H12N12.C7H5NO4.CH4N2O.2ClH.2Mn/c1-5-13-17(29-9-1)25-33-21(13)37-26-18-14(6-2-10-30-18)23(34-26)39-28-20-16(8-4-12-32-20)24(36-28)40-27-19-15(7-3-11-31-19)22(35-27)38-25;9-6(10)4-2-1-3-8-5(4)7(11)12;2-1(3)4;;;;/h1-12H;1-3H,(H,9,10)(H,11,12);(H4,2,3,4);2*1H;;/q-2;;;;;2*+2/p-2. The van der Waals surface area contributed by atoms with Crippen molar-refractivity contribution in [3.63, 3.8) is 0 Å². The molecular formula is C36H21Cl2Mn2N15O5. The van der Waals surface area contributed by atoms with Gasteiger partial charge in [0.25, 0.3) is 0 Å². The Hall–Kier alpha value is -7.06. The Morgan fingerprint density at radius 2 is 0.917 bits per heavy atom. The number of amides is 2. The fraction of sp³-hybridized carbons (Fsp3) is 0. The second-order valence-electron chi connectivity index (χ2n) is 11.5. The van der Waals surface area contributed by atoms with E-state index in [4.69, 9.17) is 75.1 Å². The van der Waals surface area contributed by atoms with Gasteiger partial charge in [0.2, 0.25) is 0 Å². The molecule has 0 atom stereocenters. The number of rotatable bonds is 2. The van der Waals surface area contributed by atoms with Gasteiger partial charge in [-0.3, -0.25) is 19.9 Å². The number of carboxylic acid groups (broad SMARTS) is 2. The molecular weight excluding hydrogens is 903 g/mol. The van der Waals surface area contributed by atoms with Crippen LogP contribution in [0.25, 0.3) is 90.2 Å². The number of hydrogen-bond donors (Lipinski definition) is 4. The summed E-state index contributed by atoms with van der Waals surface area (Å²) in [5, 5.41) is 18.5. The van der Waals surface area contributed by atoms with E-state index in [-0.39, 0.29) is 35.8 Å². The first-order valence-electron chi connectivity index (χ1n) is 16.4. The zero-order chi connectivity index (χ0) is 41.6. The third-order valence-electron chi connectivity index (χ3n) is 7.98. The van der Waals surface area contributed by atoms with E-state index in [0.29, 0.717) is 68.3 Å². The van der Waals surface area contributed by atoms with E-state index in [1.165, 1.54) is 18.3 Å². The summed E-state index contributed by atoms with van der Waals surface area (Å²) in [7, 11) is 9.59. The maximum atomic E-state index is 10.4. The summed E-state index contributed by atoms with van der Waals surface area (Å²) in [6, 6.07) is 16.7. The average molecular weight is 924 g/mol. The van der Waals surface area contributed by atoms with E-state index in [1.54, 1.807) is 24.8 Å². The van der Waals surface area contributed by atoms with Crippen molar-refractivity contribution in [1.82, 2.24) is 64.8 Å². The molecule has 2 amide bonds. The van der Waals surface area contributed by atoms with E-state index in [2.05, 4.69) is 36.4 Å². The number of fused-ring (bicyclic) bond motifs is 20. The zero-order valence-electron chi connectivity index (χ0n) is 29.8. The number of carbonyl (C=O) groups is 3.